The Morgan fingerprint density at radius 3 is 1.76 bits per heavy atom. The molecular weight excluding hydrogens is 314 g/mol. The van der Waals surface area contributed by atoms with Crippen molar-refractivity contribution in [2.24, 2.45) is 10.8 Å². The van der Waals surface area contributed by atoms with Gasteiger partial charge < -0.3 is 0 Å². The van der Waals surface area contributed by atoms with Crippen molar-refractivity contribution >= 4 is 0 Å². The maximum absolute atomic E-state index is 13.3. The molecule has 0 spiro atoms. The van der Waals surface area contributed by atoms with Gasteiger partial charge in [-0.2, -0.15) is 0 Å². The number of nitrogens with zero attached hydrogens (tertiary/aromatic N) is 3. The summed E-state index contributed by atoms with van der Waals surface area (Å²) in [6, 6.07) is 9.84. The average molecular weight is 337 g/mol. The molecule has 3 heterocycles. The summed E-state index contributed by atoms with van der Waals surface area (Å²) in [5, 5.41) is 0. The van der Waals surface area contributed by atoms with Crippen molar-refractivity contribution in [3.05, 3.63) is 51.3 Å². The summed E-state index contributed by atoms with van der Waals surface area (Å²) < 4.78 is 5.13. The fourth-order valence-electron chi connectivity index (χ4n) is 7.14. The minimum Gasteiger partial charge on any atom is -0.245 e. The summed E-state index contributed by atoms with van der Waals surface area (Å²) in [5.74, 6) is 0. The predicted octanol–water partition coefficient (Wildman–Crippen LogP) is 3.03. The Bertz CT molecular complexity index is 925. The number of aromatic nitrogens is 3. The minimum absolute atomic E-state index is 0.133. The summed E-state index contributed by atoms with van der Waals surface area (Å²) >= 11 is 0. The summed E-state index contributed by atoms with van der Waals surface area (Å²) in [5.41, 5.74) is 0.995. The highest BCUT2D eigenvalue weighted by Gasteiger charge is 2.72. The van der Waals surface area contributed by atoms with Gasteiger partial charge in [-0.1, -0.05) is 31.0 Å². The lowest BCUT2D eigenvalue weighted by Crippen LogP contribution is -2.69. The molecule has 2 aromatic rings. The number of hydrogen-bond acceptors (Lipinski definition) is 2. The lowest BCUT2D eigenvalue weighted by molar-refractivity contribution is -0.242. The normalized spacial score (nSPS) is 37.8. The molecule has 3 aliphatic carbocycles. The van der Waals surface area contributed by atoms with Crippen LogP contribution in [0.2, 0.25) is 0 Å². The molecule has 5 heteroatoms. The monoisotopic (exact) mass is 337 g/mol. The van der Waals surface area contributed by atoms with E-state index in [4.69, 9.17) is 0 Å². The first-order chi connectivity index (χ1) is 12.2. The van der Waals surface area contributed by atoms with Gasteiger partial charge in [-0.15, -0.1) is 0 Å². The number of hydrogen-bond donors (Lipinski definition) is 0. The van der Waals surface area contributed by atoms with Gasteiger partial charge in [0.25, 0.3) is 0 Å². The van der Waals surface area contributed by atoms with Crippen molar-refractivity contribution in [2.75, 3.05) is 0 Å². The van der Waals surface area contributed by atoms with Gasteiger partial charge in [-0.25, -0.2) is 23.5 Å². The molecule has 0 radical (unpaired) electrons. The molecule has 7 rings (SSSR count). The summed E-state index contributed by atoms with van der Waals surface area (Å²) in [6.45, 7) is 0. The molecule has 25 heavy (non-hydrogen) atoms. The van der Waals surface area contributed by atoms with Crippen LogP contribution in [0, 0.1) is 10.8 Å². The second-order valence-corrected chi connectivity index (χ2v) is 8.55. The molecule has 0 amide bonds. The van der Waals surface area contributed by atoms with Crippen LogP contribution in [-0.2, 0) is 0 Å². The Labute approximate surface area is 145 Å². The van der Waals surface area contributed by atoms with Crippen LogP contribution in [-0.4, -0.2) is 13.9 Å². The molecule has 3 fully saturated rings. The summed E-state index contributed by atoms with van der Waals surface area (Å²) in [7, 11) is 0. The third-order valence-corrected chi connectivity index (χ3v) is 8.11. The van der Waals surface area contributed by atoms with E-state index in [9.17, 15) is 9.59 Å². The van der Waals surface area contributed by atoms with Gasteiger partial charge >= 0.3 is 11.4 Å². The lowest BCUT2D eigenvalue weighted by Gasteiger charge is -2.73. The molecule has 5 aliphatic rings. The molecule has 1 aromatic carbocycles. The van der Waals surface area contributed by atoms with Crippen molar-refractivity contribution in [2.45, 2.75) is 63.5 Å². The number of rotatable bonds is 1. The highest BCUT2D eigenvalue weighted by atomic mass is 16.2. The van der Waals surface area contributed by atoms with E-state index in [2.05, 4.69) is 0 Å². The Morgan fingerprint density at radius 2 is 1.28 bits per heavy atom. The van der Waals surface area contributed by atoms with E-state index >= 15 is 0 Å². The molecular formula is C20H23N3O2. The summed E-state index contributed by atoms with van der Waals surface area (Å²) in [4.78, 5) is 26.5. The second kappa shape index (κ2) is 4.37. The molecule has 2 aliphatic heterocycles. The van der Waals surface area contributed by atoms with Crippen molar-refractivity contribution in [1.82, 2.24) is 13.9 Å². The van der Waals surface area contributed by atoms with Crippen molar-refractivity contribution in [3.8, 4) is 5.69 Å². The van der Waals surface area contributed by atoms with Crippen molar-refractivity contribution in [3.63, 3.8) is 0 Å². The van der Waals surface area contributed by atoms with Crippen molar-refractivity contribution < 1.29 is 0 Å². The van der Waals surface area contributed by atoms with Gasteiger partial charge in [0.2, 0.25) is 0 Å². The van der Waals surface area contributed by atoms with E-state index in [0.29, 0.717) is 5.69 Å². The maximum Gasteiger partial charge on any atom is 0.352 e. The molecule has 2 bridgehead atoms. The van der Waals surface area contributed by atoms with Gasteiger partial charge in [0.1, 0.15) is 0 Å². The first-order valence-corrected chi connectivity index (χ1v) is 9.71. The van der Waals surface area contributed by atoms with E-state index in [0.717, 1.165) is 12.8 Å². The quantitative estimate of drug-likeness (QED) is 0.803. The van der Waals surface area contributed by atoms with E-state index in [-0.39, 0.29) is 34.3 Å². The Kier molecular flexibility index (Phi) is 2.48. The fraction of sp³-hybridized carbons (Fsp3) is 0.600. The smallest absolute Gasteiger partial charge is 0.245 e. The first-order valence-electron chi connectivity index (χ1n) is 9.71. The van der Waals surface area contributed by atoms with E-state index in [1.807, 2.05) is 39.7 Å². The molecule has 0 unspecified atom stereocenters. The van der Waals surface area contributed by atoms with Gasteiger partial charge in [-0.05, 0) is 50.7 Å². The molecule has 130 valence electrons. The van der Waals surface area contributed by atoms with Gasteiger partial charge in [0.15, 0.2) is 0 Å². The Morgan fingerprint density at radius 1 is 0.760 bits per heavy atom. The molecule has 1 aromatic heterocycles. The van der Waals surface area contributed by atoms with Crippen LogP contribution in [0.5, 0.6) is 0 Å². The van der Waals surface area contributed by atoms with Crippen LogP contribution in [0.25, 0.3) is 5.69 Å². The first kappa shape index (κ1) is 14.2. The standard InChI is InChI=1S/C20H23N3O2/c24-17-21(14-6-2-1-3-7-14)18(25)23-16-9-8-15(22(17)23)19-10-4-5-11-20(16,19)13-12-19/h1-3,6-7,15-16H,4-5,8-13H2/t15-,16-,19+,20+/m0/s1. The highest BCUT2D eigenvalue weighted by molar-refractivity contribution is 5.31. The molecule has 5 nitrogen and oxygen atoms in total. The molecule has 4 atom stereocenters. The van der Waals surface area contributed by atoms with Crippen LogP contribution in [0.3, 0.4) is 0 Å². The fourth-order valence-corrected chi connectivity index (χ4v) is 7.14. The van der Waals surface area contributed by atoms with Crippen LogP contribution in [0.4, 0.5) is 0 Å². The van der Waals surface area contributed by atoms with E-state index < -0.39 is 0 Å². The van der Waals surface area contributed by atoms with Gasteiger partial charge in [0, 0.05) is 10.8 Å². The Balaban J connectivity index is 1.65. The zero-order chi connectivity index (χ0) is 16.8. The Hall–Kier alpha value is -2.04. The second-order valence-electron chi connectivity index (χ2n) is 8.55. The number of benzene rings is 1. The van der Waals surface area contributed by atoms with Gasteiger partial charge in [0.05, 0.1) is 17.8 Å². The molecule has 0 saturated heterocycles. The largest absolute Gasteiger partial charge is 0.352 e. The lowest BCUT2D eigenvalue weighted by atomic mass is 9.36. The zero-order valence-corrected chi connectivity index (χ0v) is 14.4. The minimum atomic E-state index is -0.133. The van der Waals surface area contributed by atoms with Gasteiger partial charge in [-0.3, -0.25) is 0 Å². The van der Waals surface area contributed by atoms with E-state index in [1.54, 1.807) is 0 Å². The van der Waals surface area contributed by atoms with Crippen LogP contribution in [0.15, 0.2) is 39.9 Å². The SMILES string of the molecule is O=c1n(-c2ccccc2)c(=O)n2n1[C@H]1CC[C@H]2[C@]23CCCC[C@@]12CC3. The van der Waals surface area contributed by atoms with E-state index in [1.165, 1.54) is 43.1 Å². The average Bonchev–Trinajstić information content (AvgIpc) is 2.90. The van der Waals surface area contributed by atoms with Crippen molar-refractivity contribution in [1.29, 1.82) is 0 Å². The summed E-state index contributed by atoms with van der Waals surface area (Å²) in [6.07, 6.45) is 9.65. The van der Waals surface area contributed by atoms with Crippen LogP contribution >= 0.6 is 0 Å². The zero-order valence-electron chi connectivity index (χ0n) is 14.4. The van der Waals surface area contributed by atoms with Crippen LogP contribution < -0.4 is 11.4 Å². The van der Waals surface area contributed by atoms with Crippen LogP contribution in [0.1, 0.15) is 63.5 Å². The molecule has 0 N–H and O–H groups in total. The number of para-hydroxylation sites is 1. The number of fused-ring (bicyclic) bond motifs is 1. The highest BCUT2D eigenvalue weighted by Crippen LogP contribution is 2.77. The molecule has 3 saturated carbocycles. The predicted molar refractivity (Wildman–Crippen MR) is 94.2 cm³/mol. The topological polar surface area (TPSA) is 48.9 Å². The maximum atomic E-state index is 13.3. The third-order valence-electron chi connectivity index (χ3n) is 8.11. The third kappa shape index (κ3) is 1.37.